The van der Waals surface area contributed by atoms with Crippen LogP contribution in [0.5, 0.6) is 23.0 Å². The molecule has 174 valence electrons. The number of para-hydroxylation sites is 3. The molecule has 6 nitrogen and oxygen atoms in total. The number of ether oxygens (including phenoxy) is 3. The number of carbonyl (C=O) groups is 1. The van der Waals surface area contributed by atoms with E-state index in [1.807, 2.05) is 56.3 Å². The largest absolute Gasteiger partial charge is 0.493 e. The standard InChI is InChI=1S/C28H28N2O4/c1-3-16-32-24-15-14-21(27(19-24)33-17-4-2)18-22(20-29)28(31)30-25-12-8-9-13-26(25)34-23-10-6-5-7-11-23/h5-15,18-19H,3-4,16-17H2,1-2H3,(H,30,31). The van der Waals surface area contributed by atoms with Gasteiger partial charge in [-0.15, -0.1) is 0 Å². The molecule has 3 rings (SSSR count). The Morgan fingerprint density at radius 1 is 0.882 bits per heavy atom. The van der Waals surface area contributed by atoms with E-state index in [1.54, 1.807) is 36.4 Å². The van der Waals surface area contributed by atoms with Gasteiger partial charge in [-0.05, 0) is 55.3 Å². The molecule has 1 amide bonds. The van der Waals surface area contributed by atoms with Crippen LogP contribution < -0.4 is 19.5 Å². The maximum absolute atomic E-state index is 13.0. The Morgan fingerprint density at radius 3 is 2.32 bits per heavy atom. The lowest BCUT2D eigenvalue weighted by Gasteiger charge is -2.13. The first kappa shape index (κ1) is 24.4. The Kier molecular flexibility index (Phi) is 9.12. The van der Waals surface area contributed by atoms with Crippen molar-refractivity contribution in [2.45, 2.75) is 26.7 Å². The highest BCUT2D eigenvalue weighted by Gasteiger charge is 2.15. The summed E-state index contributed by atoms with van der Waals surface area (Å²) in [7, 11) is 0. The van der Waals surface area contributed by atoms with E-state index >= 15 is 0 Å². The number of carbonyl (C=O) groups excluding carboxylic acids is 1. The van der Waals surface area contributed by atoms with Gasteiger partial charge in [0.25, 0.3) is 5.91 Å². The van der Waals surface area contributed by atoms with Crippen molar-refractivity contribution in [3.63, 3.8) is 0 Å². The van der Waals surface area contributed by atoms with Gasteiger partial charge in [0.15, 0.2) is 5.75 Å². The van der Waals surface area contributed by atoms with E-state index in [1.165, 1.54) is 6.08 Å². The number of benzene rings is 3. The molecule has 6 heteroatoms. The van der Waals surface area contributed by atoms with Gasteiger partial charge in [0.05, 0.1) is 18.9 Å². The predicted octanol–water partition coefficient (Wildman–Crippen LogP) is 6.60. The molecule has 1 N–H and O–H groups in total. The molecule has 0 bridgehead atoms. The summed E-state index contributed by atoms with van der Waals surface area (Å²) in [6.07, 6.45) is 3.23. The molecular weight excluding hydrogens is 428 g/mol. The smallest absolute Gasteiger partial charge is 0.266 e. The Balaban J connectivity index is 1.83. The van der Waals surface area contributed by atoms with Crippen LogP contribution in [0.15, 0.2) is 78.4 Å². The maximum atomic E-state index is 13.0. The summed E-state index contributed by atoms with van der Waals surface area (Å²) in [5, 5.41) is 12.5. The lowest BCUT2D eigenvalue weighted by Crippen LogP contribution is -2.14. The van der Waals surface area contributed by atoms with Crippen molar-refractivity contribution in [1.82, 2.24) is 0 Å². The summed E-state index contributed by atoms with van der Waals surface area (Å²) in [6.45, 7) is 5.15. The highest BCUT2D eigenvalue weighted by atomic mass is 16.5. The third kappa shape index (κ3) is 6.88. The fraction of sp³-hybridized carbons (Fsp3) is 0.214. The van der Waals surface area contributed by atoms with Crippen LogP contribution in [0.2, 0.25) is 0 Å². The van der Waals surface area contributed by atoms with E-state index in [9.17, 15) is 10.1 Å². The number of nitriles is 1. The summed E-state index contributed by atoms with van der Waals surface area (Å²) in [4.78, 5) is 13.0. The van der Waals surface area contributed by atoms with E-state index in [0.717, 1.165) is 12.8 Å². The minimum atomic E-state index is -0.542. The van der Waals surface area contributed by atoms with Crippen LogP contribution in [0.4, 0.5) is 5.69 Å². The molecule has 0 aliphatic rings. The van der Waals surface area contributed by atoms with Gasteiger partial charge in [0, 0.05) is 11.6 Å². The molecule has 3 aromatic rings. The monoisotopic (exact) mass is 456 g/mol. The van der Waals surface area contributed by atoms with Crippen molar-refractivity contribution < 1.29 is 19.0 Å². The van der Waals surface area contributed by atoms with Crippen LogP contribution in [-0.2, 0) is 4.79 Å². The average molecular weight is 457 g/mol. The molecule has 0 saturated heterocycles. The molecule has 0 aromatic heterocycles. The van der Waals surface area contributed by atoms with Crippen LogP contribution in [-0.4, -0.2) is 19.1 Å². The van der Waals surface area contributed by atoms with Crippen LogP contribution in [0.25, 0.3) is 6.08 Å². The molecule has 34 heavy (non-hydrogen) atoms. The summed E-state index contributed by atoms with van der Waals surface area (Å²) < 4.78 is 17.4. The number of nitrogens with one attached hydrogen (secondary N) is 1. The number of amides is 1. The van der Waals surface area contributed by atoms with E-state index in [4.69, 9.17) is 14.2 Å². The quantitative estimate of drug-likeness (QED) is 0.260. The van der Waals surface area contributed by atoms with Gasteiger partial charge in [-0.3, -0.25) is 4.79 Å². The van der Waals surface area contributed by atoms with E-state index in [0.29, 0.717) is 47.5 Å². The van der Waals surface area contributed by atoms with Gasteiger partial charge in [-0.25, -0.2) is 0 Å². The second-order valence-electron chi connectivity index (χ2n) is 7.43. The number of rotatable bonds is 11. The first-order chi connectivity index (χ1) is 16.6. The first-order valence-electron chi connectivity index (χ1n) is 11.3. The van der Waals surface area contributed by atoms with Crippen molar-refractivity contribution >= 4 is 17.7 Å². The van der Waals surface area contributed by atoms with Gasteiger partial charge in [0.1, 0.15) is 28.9 Å². The summed E-state index contributed by atoms with van der Waals surface area (Å²) in [5.41, 5.74) is 1.03. The third-order valence-electron chi connectivity index (χ3n) is 4.69. The molecule has 0 aliphatic carbocycles. The number of hydrogen-bond donors (Lipinski definition) is 1. The van der Waals surface area contributed by atoms with E-state index in [-0.39, 0.29) is 5.57 Å². The number of anilines is 1. The normalized spacial score (nSPS) is 10.8. The van der Waals surface area contributed by atoms with Crippen LogP contribution in [0.3, 0.4) is 0 Å². The van der Waals surface area contributed by atoms with Crippen LogP contribution in [0.1, 0.15) is 32.3 Å². The molecular formula is C28H28N2O4. The van der Waals surface area contributed by atoms with E-state index in [2.05, 4.69) is 5.32 Å². The van der Waals surface area contributed by atoms with Crippen molar-refractivity contribution in [2.24, 2.45) is 0 Å². The summed E-state index contributed by atoms with van der Waals surface area (Å²) >= 11 is 0. The minimum Gasteiger partial charge on any atom is -0.493 e. The molecule has 0 saturated carbocycles. The highest BCUT2D eigenvalue weighted by Crippen LogP contribution is 2.30. The molecule has 0 radical (unpaired) electrons. The van der Waals surface area contributed by atoms with E-state index < -0.39 is 5.91 Å². The Labute approximate surface area is 200 Å². The van der Waals surface area contributed by atoms with Crippen molar-refractivity contribution in [2.75, 3.05) is 18.5 Å². The highest BCUT2D eigenvalue weighted by molar-refractivity contribution is 6.10. The first-order valence-corrected chi connectivity index (χ1v) is 11.3. The van der Waals surface area contributed by atoms with Gasteiger partial charge in [-0.1, -0.05) is 44.2 Å². The van der Waals surface area contributed by atoms with Gasteiger partial charge in [0.2, 0.25) is 0 Å². The zero-order chi connectivity index (χ0) is 24.2. The van der Waals surface area contributed by atoms with Crippen LogP contribution in [0, 0.1) is 11.3 Å². The third-order valence-corrected chi connectivity index (χ3v) is 4.69. The zero-order valence-electron chi connectivity index (χ0n) is 19.4. The van der Waals surface area contributed by atoms with Crippen LogP contribution >= 0.6 is 0 Å². The minimum absolute atomic E-state index is 0.0573. The molecule has 0 fully saturated rings. The predicted molar refractivity (Wildman–Crippen MR) is 133 cm³/mol. The Hall–Kier alpha value is -4.24. The SMILES string of the molecule is CCCOc1ccc(C=C(C#N)C(=O)Nc2ccccc2Oc2ccccc2)c(OCCC)c1. The Bertz CT molecular complexity index is 1170. The van der Waals surface area contributed by atoms with Crippen molar-refractivity contribution in [3.05, 3.63) is 83.9 Å². The topological polar surface area (TPSA) is 80.6 Å². The number of nitrogens with zero attached hydrogens (tertiary/aromatic N) is 1. The van der Waals surface area contributed by atoms with Gasteiger partial charge in [-0.2, -0.15) is 5.26 Å². The molecule has 0 aliphatic heterocycles. The maximum Gasteiger partial charge on any atom is 0.266 e. The molecule has 0 spiro atoms. The molecule has 0 unspecified atom stereocenters. The fourth-order valence-electron chi connectivity index (χ4n) is 3.05. The lowest BCUT2D eigenvalue weighted by atomic mass is 10.1. The number of hydrogen-bond acceptors (Lipinski definition) is 5. The fourth-order valence-corrected chi connectivity index (χ4v) is 3.05. The molecule has 0 atom stereocenters. The Morgan fingerprint density at radius 2 is 1.59 bits per heavy atom. The molecule has 0 heterocycles. The summed E-state index contributed by atoms with van der Waals surface area (Å²) in [6, 6.07) is 23.7. The van der Waals surface area contributed by atoms with Gasteiger partial charge < -0.3 is 19.5 Å². The zero-order valence-corrected chi connectivity index (χ0v) is 19.4. The summed E-state index contributed by atoms with van der Waals surface area (Å²) in [5.74, 6) is 1.82. The average Bonchev–Trinajstić information content (AvgIpc) is 2.87. The van der Waals surface area contributed by atoms with Gasteiger partial charge >= 0.3 is 0 Å². The molecule has 3 aromatic carbocycles. The van der Waals surface area contributed by atoms with Crippen molar-refractivity contribution in [1.29, 1.82) is 5.26 Å². The van der Waals surface area contributed by atoms with Crippen molar-refractivity contribution in [3.8, 4) is 29.1 Å². The second-order valence-corrected chi connectivity index (χ2v) is 7.43. The second kappa shape index (κ2) is 12.7. The lowest BCUT2D eigenvalue weighted by molar-refractivity contribution is -0.112.